The van der Waals surface area contributed by atoms with E-state index in [9.17, 15) is 9.59 Å². The lowest BCUT2D eigenvalue weighted by Crippen LogP contribution is -2.42. The third-order valence-electron chi connectivity index (χ3n) is 3.85. The van der Waals surface area contributed by atoms with Gasteiger partial charge in [-0.05, 0) is 47.8 Å². The number of anilines is 1. The van der Waals surface area contributed by atoms with E-state index in [0.717, 1.165) is 10.2 Å². The van der Waals surface area contributed by atoms with Crippen LogP contribution in [0.5, 0.6) is 0 Å². The standard InChI is InChI=1S/C16H22BrN3O2/c1-11(18)10-15(21)20-8-6-12(7-9-20)16(22)19-14-5-3-2-4-13(14)17/h2-5,11-12H,6-10,18H2,1H3,(H,19,22). The SMILES string of the molecule is CC(N)CC(=O)N1CCC(C(=O)Nc2ccccc2Br)CC1. The second-order valence-corrected chi connectivity index (χ2v) is 6.66. The summed E-state index contributed by atoms with van der Waals surface area (Å²) >= 11 is 3.42. The largest absolute Gasteiger partial charge is 0.343 e. The van der Waals surface area contributed by atoms with Crippen LogP contribution >= 0.6 is 15.9 Å². The zero-order valence-electron chi connectivity index (χ0n) is 12.7. The number of benzene rings is 1. The summed E-state index contributed by atoms with van der Waals surface area (Å²) in [7, 11) is 0. The molecule has 0 aliphatic carbocycles. The molecular weight excluding hydrogens is 346 g/mol. The summed E-state index contributed by atoms with van der Waals surface area (Å²) in [4.78, 5) is 26.1. The van der Waals surface area contributed by atoms with Gasteiger partial charge in [-0.3, -0.25) is 9.59 Å². The average Bonchev–Trinajstić information content (AvgIpc) is 2.49. The number of rotatable bonds is 4. The molecular formula is C16H22BrN3O2. The molecule has 1 aromatic rings. The minimum absolute atomic E-state index is 0.0196. The van der Waals surface area contributed by atoms with Crippen molar-refractivity contribution in [1.82, 2.24) is 4.90 Å². The molecule has 1 fully saturated rings. The zero-order chi connectivity index (χ0) is 16.1. The highest BCUT2D eigenvalue weighted by Gasteiger charge is 2.27. The summed E-state index contributed by atoms with van der Waals surface area (Å²) in [6, 6.07) is 7.43. The van der Waals surface area contributed by atoms with E-state index in [-0.39, 0.29) is 23.8 Å². The molecule has 5 nitrogen and oxygen atoms in total. The molecule has 2 rings (SSSR count). The maximum Gasteiger partial charge on any atom is 0.227 e. The topological polar surface area (TPSA) is 75.4 Å². The number of hydrogen-bond donors (Lipinski definition) is 2. The van der Waals surface area contributed by atoms with Crippen LogP contribution in [-0.2, 0) is 9.59 Å². The highest BCUT2D eigenvalue weighted by molar-refractivity contribution is 9.10. The smallest absolute Gasteiger partial charge is 0.227 e. The lowest BCUT2D eigenvalue weighted by atomic mass is 9.95. The van der Waals surface area contributed by atoms with Gasteiger partial charge in [0, 0.05) is 35.9 Å². The molecule has 0 saturated carbocycles. The van der Waals surface area contributed by atoms with Gasteiger partial charge in [0.2, 0.25) is 11.8 Å². The van der Waals surface area contributed by atoms with Gasteiger partial charge in [-0.15, -0.1) is 0 Å². The molecule has 1 unspecified atom stereocenters. The van der Waals surface area contributed by atoms with E-state index in [1.165, 1.54) is 0 Å². The molecule has 0 bridgehead atoms. The van der Waals surface area contributed by atoms with E-state index in [0.29, 0.717) is 32.4 Å². The first-order valence-electron chi connectivity index (χ1n) is 7.56. The molecule has 0 aromatic heterocycles. The Balaban J connectivity index is 1.85. The molecule has 0 spiro atoms. The fourth-order valence-electron chi connectivity index (χ4n) is 2.59. The molecule has 0 radical (unpaired) electrons. The molecule has 1 aliphatic heterocycles. The fourth-order valence-corrected chi connectivity index (χ4v) is 2.98. The van der Waals surface area contributed by atoms with Crippen molar-refractivity contribution in [3.8, 4) is 0 Å². The van der Waals surface area contributed by atoms with Gasteiger partial charge in [0.05, 0.1) is 5.69 Å². The number of para-hydroxylation sites is 1. The average molecular weight is 368 g/mol. The van der Waals surface area contributed by atoms with Crippen molar-refractivity contribution in [3.05, 3.63) is 28.7 Å². The summed E-state index contributed by atoms with van der Waals surface area (Å²) < 4.78 is 0.868. The van der Waals surface area contributed by atoms with Crippen molar-refractivity contribution in [2.24, 2.45) is 11.7 Å². The Hall–Kier alpha value is -1.40. The van der Waals surface area contributed by atoms with Crippen LogP contribution in [0.25, 0.3) is 0 Å². The van der Waals surface area contributed by atoms with E-state index in [1.54, 1.807) is 0 Å². The lowest BCUT2D eigenvalue weighted by Gasteiger charge is -2.31. The Labute approximate surface area is 139 Å². The van der Waals surface area contributed by atoms with Gasteiger partial charge >= 0.3 is 0 Å². The van der Waals surface area contributed by atoms with Gasteiger partial charge < -0.3 is 16.0 Å². The quantitative estimate of drug-likeness (QED) is 0.857. The summed E-state index contributed by atoms with van der Waals surface area (Å²) in [6.07, 6.45) is 1.76. The van der Waals surface area contributed by atoms with Crippen LogP contribution in [0.1, 0.15) is 26.2 Å². The Bertz CT molecular complexity index is 540. The summed E-state index contributed by atoms with van der Waals surface area (Å²) in [5, 5.41) is 2.95. The van der Waals surface area contributed by atoms with Gasteiger partial charge in [0.1, 0.15) is 0 Å². The summed E-state index contributed by atoms with van der Waals surface area (Å²) in [6.45, 7) is 3.08. The van der Waals surface area contributed by atoms with Crippen LogP contribution in [0.15, 0.2) is 28.7 Å². The van der Waals surface area contributed by atoms with Crippen LogP contribution in [0, 0.1) is 5.92 Å². The van der Waals surface area contributed by atoms with E-state index >= 15 is 0 Å². The number of amides is 2. The maximum atomic E-state index is 12.3. The minimum Gasteiger partial charge on any atom is -0.343 e. The molecule has 1 aromatic carbocycles. The Kier molecular flexibility index (Phi) is 5.97. The predicted octanol–water partition coefficient (Wildman–Crippen LogP) is 2.36. The molecule has 1 heterocycles. The zero-order valence-corrected chi connectivity index (χ0v) is 14.3. The van der Waals surface area contributed by atoms with Crippen LogP contribution in [-0.4, -0.2) is 35.8 Å². The molecule has 3 N–H and O–H groups in total. The van der Waals surface area contributed by atoms with E-state index < -0.39 is 0 Å². The van der Waals surface area contributed by atoms with Gasteiger partial charge in [-0.25, -0.2) is 0 Å². The normalized spacial score (nSPS) is 17.1. The Morgan fingerprint density at radius 1 is 1.36 bits per heavy atom. The second kappa shape index (κ2) is 7.74. The number of carbonyl (C=O) groups is 2. The number of halogens is 1. The number of likely N-dealkylation sites (tertiary alicyclic amines) is 1. The minimum atomic E-state index is -0.121. The summed E-state index contributed by atoms with van der Waals surface area (Å²) in [5.74, 6) is 0.0531. The van der Waals surface area contributed by atoms with Crippen LogP contribution in [0.2, 0.25) is 0 Å². The third-order valence-corrected chi connectivity index (χ3v) is 4.54. The van der Waals surface area contributed by atoms with Crippen molar-refractivity contribution < 1.29 is 9.59 Å². The van der Waals surface area contributed by atoms with Gasteiger partial charge in [0.15, 0.2) is 0 Å². The number of nitrogens with zero attached hydrogens (tertiary/aromatic N) is 1. The number of carbonyl (C=O) groups excluding carboxylic acids is 2. The molecule has 6 heteroatoms. The van der Waals surface area contributed by atoms with Gasteiger partial charge in [-0.1, -0.05) is 12.1 Å². The highest BCUT2D eigenvalue weighted by atomic mass is 79.9. The van der Waals surface area contributed by atoms with E-state index in [4.69, 9.17) is 5.73 Å². The monoisotopic (exact) mass is 367 g/mol. The molecule has 1 atom stereocenters. The molecule has 120 valence electrons. The van der Waals surface area contributed by atoms with E-state index in [2.05, 4.69) is 21.2 Å². The third kappa shape index (κ3) is 4.55. The molecule has 1 saturated heterocycles. The predicted molar refractivity (Wildman–Crippen MR) is 90.3 cm³/mol. The number of piperidine rings is 1. The first kappa shape index (κ1) is 17.0. The first-order valence-corrected chi connectivity index (χ1v) is 8.35. The van der Waals surface area contributed by atoms with Crippen molar-refractivity contribution in [2.75, 3.05) is 18.4 Å². The van der Waals surface area contributed by atoms with Crippen molar-refractivity contribution >= 4 is 33.4 Å². The Morgan fingerprint density at radius 3 is 2.59 bits per heavy atom. The first-order chi connectivity index (χ1) is 10.5. The van der Waals surface area contributed by atoms with Crippen molar-refractivity contribution in [3.63, 3.8) is 0 Å². The maximum absolute atomic E-state index is 12.3. The van der Waals surface area contributed by atoms with E-state index in [1.807, 2.05) is 36.1 Å². The van der Waals surface area contributed by atoms with Gasteiger partial charge in [0.25, 0.3) is 0 Å². The van der Waals surface area contributed by atoms with Crippen molar-refractivity contribution in [2.45, 2.75) is 32.2 Å². The number of nitrogens with one attached hydrogen (secondary N) is 1. The van der Waals surface area contributed by atoms with Crippen LogP contribution in [0.3, 0.4) is 0 Å². The molecule has 22 heavy (non-hydrogen) atoms. The van der Waals surface area contributed by atoms with Crippen molar-refractivity contribution in [1.29, 1.82) is 0 Å². The van der Waals surface area contributed by atoms with Gasteiger partial charge in [-0.2, -0.15) is 0 Å². The number of hydrogen-bond acceptors (Lipinski definition) is 3. The molecule has 1 aliphatic rings. The van der Waals surface area contributed by atoms with Crippen LogP contribution in [0.4, 0.5) is 5.69 Å². The molecule has 2 amide bonds. The van der Waals surface area contributed by atoms with Crippen LogP contribution < -0.4 is 11.1 Å². The summed E-state index contributed by atoms with van der Waals surface area (Å²) in [5.41, 5.74) is 6.44. The fraction of sp³-hybridized carbons (Fsp3) is 0.500. The highest BCUT2D eigenvalue weighted by Crippen LogP contribution is 2.24. The number of nitrogens with two attached hydrogens (primary N) is 1. The second-order valence-electron chi connectivity index (χ2n) is 5.81. The lowest BCUT2D eigenvalue weighted by molar-refractivity contribution is -0.134. The Morgan fingerprint density at radius 2 is 2.00 bits per heavy atom.